The Morgan fingerprint density at radius 1 is 1.38 bits per heavy atom. The number of aliphatic hydroxyl groups is 1. The summed E-state index contributed by atoms with van der Waals surface area (Å²) >= 11 is 0. The summed E-state index contributed by atoms with van der Waals surface area (Å²) in [5.74, 6) is -0.290. The first-order chi connectivity index (χ1) is 7.52. The van der Waals surface area contributed by atoms with Gasteiger partial charge in [-0.2, -0.15) is 0 Å². The Labute approximate surface area is 96.3 Å². The van der Waals surface area contributed by atoms with Gasteiger partial charge in [0.05, 0.1) is 5.60 Å². The van der Waals surface area contributed by atoms with Gasteiger partial charge in [0.25, 0.3) is 0 Å². The smallest absolute Gasteiger partial charge is 0.123 e. The maximum Gasteiger partial charge on any atom is 0.123 e. The Morgan fingerprint density at radius 2 is 1.94 bits per heavy atom. The molecule has 0 bridgehead atoms. The largest absolute Gasteiger partial charge is 0.385 e. The quantitative estimate of drug-likeness (QED) is 0.808. The van der Waals surface area contributed by atoms with Crippen molar-refractivity contribution >= 4 is 0 Å². The maximum atomic E-state index is 12.8. The van der Waals surface area contributed by atoms with Gasteiger partial charge in [-0.1, -0.05) is 25.5 Å². The molecule has 0 aromatic heterocycles. The summed E-state index contributed by atoms with van der Waals surface area (Å²) in [5, 5.41) is 10.5. The molecule has 0 aliphatic carbocycles. The molecular formula is C13H20FNO. The highest BCUT2D eigenvalue weighted by Crippen LogP contribution is 2.31. The summed E-state index contributed by atoms with van der Waals surface area (Å²) in [7, 11) is 0. The third-order valence-electron chi connectivity index (χ3n) is 3.15. The Hall–Kier alpha value is -0.930. The van der Waals surface area contributed by atoms with Crippen LogP contribution in [0.5, 0.6) is 0 Å². The zero-order valence-corrected chi connectivity index (χ0v) is 9.91. The molecule has 3 N–H and O–H groups in total. The molecule has 0 fully saturated rings. The van der Waals surface area contributed by atoms with E-state index in [0.29, 0.717) is 6.54 Å². The van der Waals surface area contributed by atoms with Crippen molar-refractivity contribution in [1.82, 2.24) is 0 Å². The molecule has 0 amide bonds. The maximum absolute atomic E-state index is 12.8. The molecule has 0 radical (unpaired) electrons. The van der Waals surface area contributed by atoms with E-state index in [0.717, 1.165) is 18.4 Å². The fourth-order valence-corrected chi connectivity index (χ4v) is 2.00. The number of halogens is 1. The first kappa shape index (κ1) is 13.1. The van der Waals surface area contributed by atoms with E-state index in [2.05, 4.69) is 6.92 Å². The molecule has 0 aliphatic heterocycles. The van der Waals surface area contributed by atoms with E-state index in [1.165, 1.54) is 12.1 Å². The third kappa shape index (κ3) is 2.80. The summed E-state index contributed by atoms with van der Waals surface area (Å²) in [6.07, 6.45) is 1.83. The lowest BCUT2D eigenvalue weighted by molar-refractivity contribution is -0.00632. The van der Waals surface area contributed by atoms with Crippen LogP contribution in [0.15, 0.2) is 24.3 Å². The molecule has 3 heteroatoms. The Bertz CT molecular complexity index is 321. The standard InChI is InChI=1S/C13H20FNO/c1-3-4-11(9-15)13(2,16)10-5-7-12(14)8-6-10/h5-8,11,16H,3-4,9,15H2,1-2H3. The van der Waals surface area contributed by atoms with Crippen LogP contribution in [0.3, 0.4) is 0 Å². The normalized spacial score (nSPS) is 16.8. The van der Waals surface area contributed by atoms with E-state index in [1.54, 1.807) is 19.1 Å². The summed E-state index contributed by atoms with van der Waals surface area (Å²) in [6.45, 7) is 4.23. The minimum Gasteiger partial charge on any atom is -0.385 e. The molecule has 2 atom stereocenters. The van der Waals surface area contributed by atoms with Crippen molar-refractivity contribution in [3.05, 3.63) is 35.6 Å². The molecule has 16 heavy (non-hydrogen) atoms. The van der Waals surface area contributed by atoms with Gasteiger partial charge in [-0.3, -0.25) is 0 Å². The topological polar surface area (TPSA) is 46.2 Å². The molecular weight excluding hydrogens is 205 g/mol. The van der Waals surface area contributed by atoms with Crippen molar-refractivity contribution < 1.29 is 9.50 Å². The second-order valence-electron chi connectivity index (χ2n) is 4.38. The van der Waals surface area contributed by atoms with Crippen LogP contribution < -0.4 is 5.73 Å². The summed E-state index contributed by atoms with van der Waals surface area (Å²) in [4.78, 5) is 0. The lowest BCUT2D eigenvalue weighted by Gasteiger charge is -2.32. The zero-order chi connectivity index (χ0) is 12.2. The van der Waals surface area contributed by atoms with Crippen molar-refractivity contribution in [3.63, 3.8) is 0 Å². The van der Waals surface area contributed by atoms with Gasteiger partial charge in [-0.05, 0) is 37.6 Å². The molecule has 0 spiro atoms. The minimum absolute atomic E-state index is 0.00274. The van der Waals surface area contributed by atoms with E-state index in [1.807, 2.05) is 0 Å². The van der Waals surface area contributed by atoms with Crippen molar-refractivity contribution in [2.45, 2.75) is 32.3 Å². The number of rotatable bonds is 5. The van der Waals surface area contributed by atoms with Crippen molar-refractivity contribution in [2.24, 2.45) is 11.7 Å². The summed E-state index contributed by atoms with van der Waals surface area (Å²) in [6, 6.07) is 5.97. The molecule has 0 saturated heterocycles. The first-order valence-electron chi connectivity index (χ1n) is 5.70. The van der Waals surface area contributed by atoms with E-state index in [9.17, 15) is 9.50 Å². The average molecular weight is 225 g/mol. The van der Waals surface area contributed by atoms with Gasteiger partial charge < -0.3 is 10.8 Å². The van der Waals surface area contributed by atoms with E-state index in [-0.39, 0.29) is 11.7 Å². The minimum atomic E-state index is -0.988. The number of nitrogens with two attached hydrogens (primary N) is 1. The van der Waals surface area contributed by atoms with Crippen LogP contribution in [-0.4, -0.2) is 11.7 Å². The molecule has 2 unspecified atom stereocenters. The summed E-state index contributed by atoms with van der Waals surface area (Å²) in [5.41, 5.74) is 5.41. The van der Waals surface area contributed by atoms with Gasteiger partial charge in [0.15, 0.2) is 0 Å². The van der Waals surface area contributed by atoms with E-state index >= 15 is 0 Å². The molecule has 90 valence electrons. The zero-order valence-electron chi connectivity index (χ0n) is 9.91. The molecule has 1 rings (SSSR count). The van der Waals surface area contributed by atoms with Crippen LogP contribution in [0.25, 0.3) is 0 Å². The highest BCUT2D eigenvalue weighted by molar-refractivity contribution is 5.23. The fourth-order valence-electron chi connectivity index (χ4n) is 2.00. The van der Waals surface area contributed by atoms with E-state index < -0.39 is 5.60 Å². The average Bonchev–Trinajstić information content (AvgIpc) is 2.26. The molecule has 1 aromatic carbocycles. The van der Waals surface area contributed by atoms with E-state index in [4.69, 9.17) is 5.73 Å². The second-order valence-corrected chi connectivity index (χ2v) is 4.38. The van der Waals surface area contributed by atoms with Gasteiger partial charge in [0.2, 0.25) is 0 Å². The lowest BCUT2D eigenvalue weighted by atomic mass is 9.80. The van der Waals surface area contributed by atoms with Crippen LogP contribution in [-0.2, 0) is 5.60 Å². The van der Waals surface area contributed by atoms with Crippen molar-refractivity contribution in [1.29, 1.82) is 0 Å². The predicted octanol–water partition coefficient (Wildman–Crippen LogP) is 2.41. The Kier molecular flexibility index (Phi) is 4.44. The van der Waals surface area contributed by atoms with Gasteiger partial charge in [-0.15, -0.1) is 0 Å². The van der Waals surface area contributed by atoms with Gasteiger partial charge in [0, 0.05) is 5.92 Å². The lowest BCUT2D eigenvalue weighted by Crippen LogP contribution is -2.36. The van der Waals surface area contributed by atoms with Crippen LogP contribution in [0.2, 0.25) is 0 Å². The molecule has 0 aliphatic rings. The third-order valence-corrected chi connectivity index (χ3v) is 3.15. The van der Waals surface area contributed by atoms with Crippen molar-refractivity contribution in [3.8, 4) is 0 Å². The fraction of sp³-hybridized carbons (Fsp3) is 0.538. The molecule has 0 heterocycles. The van der Waals surface area contributed by atoms with Crippen LogP contribution >= 0.6 is 0 Å². The van der Waals surface area contributed by atoms with Crippen LogP contribution in [0.1, 0.15) is 32.3 Å². The van der Waals surface area contributed by atoms with Gasteiger partial charge >= 0.3 is 0 Å². The molecule has 1 aromatic rings. The first-order valence-corrected chi connectivity index (χ1v) is 5.70. The Balaban J connectivity index is 2.94. The number of hydrogen-bond acceptors (Lipinski definition) is 2. The number of benzene rings is 1. The Morgan fingerprint density at radius 3 is 2.38 bits per heavy atom. The highest BCUT2D eigenvalue weighted by atomic mass is 19.1. The SMILES string of the molecule is CCCC(CN)C(C)(O)c1ccc(F)cc1. The van der Waals surface area contributed by atoms with Crippen molar-refractivity contribution in [2.75, 3.05) is 6.54 Å². The van der Waals surface area contributed by atoms with Gasteiger partial charge in [0.1, 0.15) is 5.82 Å². The second kappa shape index (κ2) is 5.41. The summed E-state index contributed by atoms with van der Waals surface area (Å²) < 4.78 is 12.8. The predicted molar refractivity (Wildman–Crippen MR) is 63.4 cm³/mol. The molecule has 2 nitrogen and oxygen atoms in total. The van der Waals surface area contributed by atoms with Crippen LogP contribution in [0, 0.1) is 11.7 Å². The highest BCUT2D eigenvalue weighted by Gasteiger charge is 2.31. The van der Waals surface area contributed by atoms with Gasteiger partial charge in [-0.25, -0.2) is 4.39 Å². The molecule has 0 saturated carbocycles. The number of hydrogen-bond donors (Lipinski definition) is 2. The monoisotopic (exact) mass is 225 g/mol. The van der Waals surface area contributed by atoms with Crippen LogP contribution in [0.4, 0.5) is 4.39 Å².